The SMILES string of the molecule is CN(C)/C=C/C(=O)c1cc(F)cc(N(Cc2ccccc2)Cc2ccccc2)c1. The van der Waals surface area contributed by atoms with Crippen LogP contribution in [0.3, 0.4) is 0 Å². The van der Waals surface area contributed by atoms with E-state index in [0.717, 1.165) is 11.1 Å². The van der Waals surface area contributed by atoms with Crippen LogP contribution < -0.4 is 4.90 Å². The molecular weight excluding hydrogens is 363 g/mol. The van der Waals surface area contributed by atoms with E-state index in [9.17, 15) is 9.18 Å². The largest absolute Gasteiger partial charge is 0.383 e. The minimum absolute atomic E-state index is 0.223. The molecule has 0 N–H and O–H groups in total. The van der Waals surface area contributed by atoms with Gasteiger partial charge in [0.2, 0.25) is 0 Å². The maximum absolute atomic E-state index is 14.4. The Morgan fingerprint density at radius 2 is 1.41 bits per heavy atom. The Morgan fingerprint density at radius 1 is 0.862 bits per heavy atom. The first-order valence-electron chi connectivity index (χ1n) is 9.53. The fraction of sp³-hybridized carbons (Fsp3) is 0.160. The first kappa shape index (κ1) is 20.3. The lowest BCUT2D eigenvalue weighted by atomic mass is 10.1. The van der Waals surface area contributed by atoms with Gasteiger partial charge in [-0.05, 0) is 29.3 Å². The smallest absolute Gasteiger partial charge is 0.187 e. The second kappa shape index (κ2) is 9.69. The number of benzene rings is 3. The summed E-state index contributed by atoms with van der Waals surface area (Å²) in [4.78, 5) is 16.4. The molecule has 0 heterocycles. The van der Waals surface area contributed by atoms with Crippen molar-refractivity contribution < 1.29 is 9.18 Å². The molecule has 0 unspecified atom stereocenters. The Morgan fingerprint density at radius 3 is 1.93 bits per heavy atom. The van der Waals surface area contributed by atoms with Gasteiger partial charge in [-0.1, -0.05) is 60.7 Å². The van der Waals surface area contributed by atoms with E-state index in [-0.39, 0.29) is 5.78 Å². The Hall–Kier alpha value is -3.40. The molecule has 0 saturated carbocycles. The zero-order valence-corrected chi connectivity index (χ0v) is 16.8. The summed E-state index contributed by atoms with van der Waals surface area (Å²) in [5.41, 5.74) is 3.25. The van der Waals surface area contributed by atoms with E-state index in [0.29, 0.717) is 24.3 Å². The van der Waals surface area contributed by atoms with Crippen molar-refractivity contribution in [3.05, 3.63) is 114 Å². The van der Waals surface area contributed by atoms with Crippen LogP contribution in [0.15, 0.2) is 91.1 Å². The highest BCUT2D eigenvalue weighted by Crippen LogP contribution is 2.24. The molecule has 3 nitrogen and oxygen atoms in total. The molecule has 0 bridgehead atoms. The van der Waals surface area contributed by atoms with Gasteiger partial charge < -0.3 is 9.80 Å². The Kier molecular flexibility index (Phi) is 6.80. The van der Waals surface area contributed by atoms with E-state index in [2.05, 4.69) is 4.90 Å². The van der Waals surface area contributed by atoms with Gasteiger partial charge in [-0.3, -0.25) is 4.79 Å². The van der Waals surface area contributed by atoms with Crippen LogP contribution >= 0.6 is 0 Å². The summed E-state index contributed by atoms with van der Waals surface area (Å²) in [6.45, 7) is 1.22. The molecule has 4 heteroatoms. The van der Waals surface area contributed by atoms with Gasteiger partial charge in [0.1, 0.15) is 5.82 Å². The highest BCUT2D eigenvalue weighted by Gasteiger charge is 2.13. The number of halogens is 1. The molecule has 3 aromatic carbocycles. The highest BCUT2D eigenvalue weighted by molar-refractivity contribution is 6.05. The zero-order chi connectivity index (χ0) is 20.6. The van der Waals surface area contributed by atoms with Crippen molar-refractivity contribution in [2.75, 3.05) is 19.0 Å². The summed E-state index contributed by atoms with van der Waals surface area (Å²) < 4.78 is 14.4. The number of carbonyl (C=O) groups is 1. The number of ketones is 1. The van der Waals surface area contributed by atoms with Crippen LogP contribution in [0.2, 0.25) is 0 Å². The number of hydrogen-bond donors (Lipinski definition) is 0. The van der Waals surface area contributed by atoms with E-state index in [1.807, 2.05) is 74.8 Å². The van der Waals surface area contributed by atoms with Crippen LogP contribution in [0.5, 0.6) is 0 Å². The lowest BCUT2D eigenvalue weighted by Crippen LogP contribution is -2.22. The molecule has 3 aromatic rings. The fourth-order valence-corrected chi connectivity index (χ4v) is 3.06. The van der Waals surface area contributed by atoms with Crippen LogP contribution in [-0.2, 0) is 13.1 Å². The molecule has 0 aliphatic rings. The lowest BCUT2D eigenvalue weighted by molar-refractivity contribution is 0.104. The van der Waals surface area contributed by atoms with Crippen LogP contribution in [0, 0.1) is 5.82 Å². The molecule has 0 spiro atoms. The molecule has 0 aliphatic carbocycles. The first-order chi connectivity index (χ1) is 14.0. The number of rotatable bonds is 8. The van der Waals surface area contributed by atoms with Crippen LogP contribution in [0.4, 0.5) is 10.1 Å². The normalized spacial score (nSPS) is 10.9. The average molecular weight is 388 g/mol. The third-order valence-corrected chi connectivity index (χ3v) is 4.49. The summed E-state index contributed by atoms with van der Waals surface area (Å²) >= 11 is 0. The van der Waals surface area contributed by atoms with Crippen LogP contribution in [-0.4, -0.2) is 24.8 Å². The van der Waals surface area contributed by atoms with Gasteiger partial charge in [0.05, 0.1) is 0 Å². The monoisotopic (exact) mass is 388 g/mol. The molecule has 0 amide bonds. The molecule has 0 radical (unpaired) electrons. The van der Waals surface area contributed by atoms with Gasteiger partial charge >= 0.3 is 0 Å². The molecule has 0 aromatic heterocycles. The summed E-state index contributed by atoms with van der Waals surface area (Å²) in [6.07, 6.45) is 3.12. The third-order valence-electron chi connectivity index (χ3n) is 4.49. The number of nitrogens with zero attached hydrogens (tertiary/aromatic N) is 2. The molecule has 29 heavy (non-hydrogen) atoms. The molecular formula is C25H25FN2O. The number of anilines is 1. The molecule has 3 rings (SSSR count). The van der Waals surface area contributed by atoms with E-state index >= 15 is 0 Å². The van der Waals surface area contributed by atoms with Crippen molar-refractivity contribution in [3.63, 3.8) is 0 Å². The van der Waals surface area contributed by atoms with Gasteiger partial charge in [0.25, 0.3) is 0 Å². The Bertz CT molecular complexity index is 927. The molecule has 0 aliphatic heterocycles. The zero-order valence-electron chi connectivity index (χ0n) is 16.8. The van der Waals surface area contributed by atoms with Crippen LogP contribution in [0.25, 0.3) is 0 Å². The second-order valence-corrected chi connectivity index (χ2v) is 7.17. The van der Waals surface area contributed by atoms with Crippen LogP contribution in [0.1, 0.15) is 21.5 Å². The van der Waals surface area contributed by atoms with E-state index < -0.39 is 5.82 Å². The minimum atomic E-state index is -0.421. The van der Waals surface area contributed by atoms with Crippen molar-refractivity contribution in [1.29, 1.82) is 0 Å². The average Bonchev–Trinajstić information content (AvgIpc) is 2.72. The maximum atomic E-state index is 14.4. The van der Waals surface area contributed by atoms with E-state index in [1.54, 1.807) is 17.2 Å². The predicted octanol–water partition coefficient (Wildman–Crippen LogP) is 5.29. The van der Waals surface area contributed by atoms with Gasteiger partial charge in [-0.2, -0.15) is 0 Å². The summed E-state index contributed by atoms with van der Waals surface area (Å²) in [7, 11) is 3.67. The Labute approximate surface area is 171 Å². The topological polar surface area (TPSA) is 23.6 Å². The highest BCUT2D eigenvalue weighted by atomic mass is 19.1. The van der Waals surface area contributed by atoms with Crippen molar-refractivity contribution >= 4 is 11.5 Å². The van der Waals surface area contributed by atoms with Crippen molar-refractivity contribution in [3.8, 4) is 0 Å². The fourth-order valence-electron chi connectivity index (χ4n) is 3.06. The van der Waals surface area contributed by atoms with Gasteiger partial charge in [-0.15, -0.1) is 0 Å². The van der Waals surface area contributed by atoms with Crippen molar-refractivity contribution in [2.24, 2.45) is 0 Å². The summed E-state index contributed by atoms with van der Waals surface area (Å²) in [6, 6.07) is 24.6. The van der Waals surface area contributed by atoms with E-state index in [1.165, 1.54) is 18.2 Å². The standard InChI is InChI=1S/C25H25FN2O/c1-27(2)14-13-25(29)22-15-23(26)17-24(16-22)28(18-20-9-5-3-6-10-20)19-21-11-7-4-8-12-21/h3-17H,18-19H2,1-2H3/b14-13+. The summed E-state index contributed by atoms with van der Waals surface area (Å²) in [5.74, 6) is -0.644. The predicted molar refractivity (Wildman–Crippen MR) is 116 cm³/mol. The lowest BCUT2D eigenvalue weighted by Gasteiger charge is -2.26. The number of allylic oxidation sites excluding steroid dienone is 1. The van der Waals surface area contributed by atoms with Gasteiger partial charge in [0.15, 0.2) is 5.78 Å². The first-order valence-corrected chi connectivity index (χ1v) is 9.53. The quantitative estimate of drug-likeness (QED) is 0.387. The number of carbonyl (C=O) groups excluding carboxylic acids is 1. The molecule has 0 fully saturated rings. The third kappa shape index (κ3) is 6.04. The van der Waals surface area contributed by atoms with Crippen molar-refractivity contribution in [1.82, 2.24) is 4.90 Å². The summed E-state index contributed by atoms with van der Waals surface area (Å²) in [5, 5.41) is 0. The number of hydrogen-bond acceptors (Lipinski definition) is 3. The maximum Gasteiger partial charge on any atom is 0.187 e. The minimum Gasteiger partial charge on any atom is -0.383 e. The Balaban J connectivity index is 1.94. The second-order valence-electron chi connectivity index (χ2n) is 7.17. The van der Waals surface area contributed by atoms with E-state index in [4.69, 9.17) is 0 Å². The van der Waals surface area contributed by atoms with Gasteiger partial charge in [0, 0.05) is 50.7 Å². The molecule has 148 valence electrons. The molecule has 0 saturated heterocycles. The van der Waals surface area contributed by atoms with Crippen molar-refractivity contribution in [2.45, 2.75) is 13.1 Å². The van der Waals surface area contributed by atoms with Gasteiger partial charge in [-0.25, -0.2) is 4.39 Å². The molecule has 0 atom stereocenters.